The first kappa shape index (κ1) is 11.3. The predicted molar refractivity (Wildman–Crippen MR) is 58.0 cm³/mol. The van der Waals surface area contributed by atoms with Crippen molar-refractivity contribution in [2.45, 2.75) is 6.43 Å². The van der Waals surface area contributed by atoms with Gasteiger partial charge in [0.05, 0.1) is 11.1 Å². The number of rotatable bonds is 3. The number of alkyl halides is 2. The summed E-state index contributed by atoms with van der Waals surface area (Å²) in [4.78, 5) is 4.05. The Hall–Kier alpha value is -2.22. The first-order chi connectivity index (χ1) is 8.20. The molecule has 1 aromatic heterocycles. The minimum Gasteiger partial charge on any atom is -0.472 e. The first-order valence-corrected chi connectivity index (χ1v) is 4.91. The molecule has 0 fully saturated rings. The zero-order valence-corrected chi connectivity index (χ0v) is 8.73. The third-order valence-corrected chi connectivity index (χ3v) is 2.17. The summed E-state index contributed by atoms with van der Waals surface area (Å²) in [6.07, 6.45) is -2.56. The number of ether oxygens (including phenoxy) is 1. The van der Waals surface area contributed by atoms with Crippen LogP contribution in [0.15, 0.2) is 30.3 Å². The number of halogens is 2. The minimum atomic E-state index is -2.56. The van der Waals surface area contributed by atoms with Gasteiger partial charge in [0.25, 0.3) is 6.43 Å². The van der Waals surface area contributed by atoms with E-state index in [0.717, 1.165) is 0 Å². The van der Waals surface area contributed by atoms with Crippen molar-refractivity contribution in [2.75, 3.05) is 6.61 Å². The Morgan fingerprint density at radius 1 is 1.35 bits per heavy atom. The number of pyridine rings is 1. The lowest BCUT2D eigenvalue weighted by molar-refractivity contribution is 0.0797. The van der Waals surface area contributed by atoms with E-state index in [1.54, 1.807) is 24.3 Å². The fraction of sp³-hybridized carbons (Fsp3) is 0.167. The molecule has 0 aliphatic carbocycles. The average molecular weight is 234 g/mol. The number of hydrogen-bond acceptors (Lipinski definition) is 3. The maximum atomic E-state index is 12.0. The number of fused-ring (bicyclic) bond motifs is 1. The molecule has 86 valence electrons. The number of para-hydroxylation sites is 1. The monoisotopic (exact) mass is 234 g/mol. The Labute approximate surface area is 96.3 Å². The van der Waals surface area contributed by atoms with Crippen LogP contribution < -0.4 is 4.74 Å². The van der Waals surface area contributed by atoms with Crippen molar-refractivity contribution in [3.63, 3.8) is 0 Å². The van der Waals surface area contributed by atoms with Crippen LogP contribution in [0.25, 0.3) is 10.9 Å². The summed E-state index contributed by atoms with van der Waals surface area (Å²) in [6.45, 7) is -0.726. The molecule has 17 heavy (non-hydrogen) atoms. The maximum Gasteiger partial charge on any atom is 0.272 e. The molecule has 0 aliphatic rings. The minimum absolute atomic E-state index is 0.0422. The van der Waals surface area contributed by atoms with E-state index >= 15 is 0 Å². The van der Waals surface area contributed by atoms with Gasteiger partial charge in [0.15, 0.2) is 6.61 Å². The summed E-state index contributed by atoms with van der Waals surface area (Å²) in [5.74, 6) is 0.0422. The lowest BCUT2D eigenvalue weighted by Crippen LogP contribution is -2.08. The second-order valence-electron chi connectivity index (χ2n) is 3.34. The summed E-state index contributed by atoms with van der Waals surface area (Å²) in [5.41, 5.74) is 0.913. The standard InChI is InChI=1S/C12H8F2N2O/c13-11(14)7-17-12-5-8(6-15)9-3-1-2-4-10(9)16-12/h1-5,11H,7H2. The highest BCUT2D eigenvalue weighted by Gasteiger charge is 2.08. The van der Waals surface area contributed by atoms with Crippen LogP contribution in [-0.4, -0.2) is 18.0 Å². The van der Waals surface area contributed by atoms with Crippen molar-refractivity contribution in [2.24, 2.45) is 0 Å². The fourth-order valence-corrected chi connectivity index (χ4v) is 1.47. The van der Waals surface area contributed by atoms with Crippen molar-refractivity contribution in [3.05, 3.63) is 35.9 Å². The van der Waals surface area contributed by atoms with Crippen molar-refractivity contribution >= 4 is 10.9 Å². The Morgan fingerprint density at radius 2 is 2.12 bits per heavy atom. The predicted octanol–water partition coefficient (Wildman–Crippen LogP) is 2.75. The van der Waals surface area contributed by atoms with Gasteiger partial charge in [-0.15, -0.1) is 0 Å². The molecule has 0 spiro atoms. The highest BCUT2D eigenvalue weighted by atomic mass is 19.3. The van der Waals surface area contributed by atoms with Crippen molar-refractivity contribution in [3.8, 4) is 11.9 Å². The topological polar surface area (TPSA) is 45.9 Å². The van der Waals surface area contributed by atoms with Crippen LogP contribution >= 0.6 is 0 Å². The Morgan fingerprint density at radius 3 is 2.82 bits per heavy atom. The molecule has 0 aliphatic heterocycles. The normalized spacial score (nSPS) is 10.5. The van der Waals surface area contributed by atoms with Gasteiger partial charge in [-0.1, -0.05) is 18.2 Å². The Bertz CT molecular complexity index is 578. The molecule has 3 nitrogen and oxygen atoms in total. The van der Waals surface area contributed by atoms with Gasteiger partial charge in [0, 0.05) is 11.5 Å². The lowest BCUT2D eigenvalue weighted by Gasteiger charge is -2.06. The van der Waals surface area contributed by atoms with Crippen LogP contribution in [0.3, 0.4) is 0 Å². The van der Waals surface area contributed by atoms with E-state index in [2.05, 4.69) is 4.98 Å². The highest BCUT2D eigenvalue weighted by Crippen LogP contribution is 2.21. The molecule has 1 aromatic carbocycles. The number of benzene rings is 1. The Kier molecular flexibility index (Phi) is 3.15. The van der Waals surface area contributed by atoms with Gasteiger partial charge in [-0.2, -0.15) is 5.26 Å². The molecule has 0 saturated carbocycles. The van der Waals surface area contributed by atoms with Gasteiger partial charge < -0.3 is 4.74 Å². The molecule has 0 radical (unpaired) electrons. The molecule has 2 rings (SSSR count). The van der Waals surface area contributed by atoms with Crippen LogP contribution in [0.2, 0.25) is 0 Å². The SMILES string of the molecule is N#Cc1cc(OCC(F)F)nc2ccccc12. The van der Waals surface area contributed by atoms with Gasteiger partial charge in [-0.3, -0.25) is 0 Å². The van der Waals surface area contributed by atoms with Crippen LogP contribution in [-0.2, 0) is 0 Å². The largest absolute Gasteiger partial charge is 0.472 e. The van der Waals surface area contributed by atoms with Gasteiger partial charge >= 0.3 is 0 Å². The van der Waals surface area contributed by atoms with E-state index in [-0.39, 0.29) is 5.88 Å². The van der Waals surface area contributed by atoms with Crippen LogP contribution in [0, 0.1) is 11.3 Å². The van der Waals surface area contributed by atoms with E-state index in [4.69, 9.17) is 10.00 Å². The molecule has 0 bridgehead atoms. The molecule has 0 atom stereocenters. The molecule has 5 heteroatoms. The molecule has 1 heterocycles. The third kappa shape index (κ3) is 2.48. The molecule has 0 N–H and O–H groups in total. The zero-order chi connectivity index (χ0) is 12.3. The van der Waals surface area contributed by atoms with Crippen molar-refractivity contribution < 1.29 is 13.5 Å². The Balaban J connectivity index is 2.43. The number of nitriles is 1. The molecule has 2 aromatic rings. The molecule has 0 saturated heterocycles. The summed E-state index contributed by atoms with van der Waals surface area (Å²) in [6, 6.07) is 10.3. The van der Waals surface area contributed by atoms with E-state index in [0.29, 0.717) is 16.5 Å². The number of nitrogens with zero attached hydrogens (tertiary/aromatic N) is 2. The summed E-state index contributed by atoms with van der Waals surface area (Å²) in [7, 11) is 0. The van der Waals surface area contributed by atoms with Crippen LogP contribution in [0.5, 0.6) is 5.88 Å². The fourth-order valence-electron chi connectivity index (χ4n) is 1.47. The van der Waals surface area contributed by atoms with E-state index in [1.165, 1.54) is 6.07 Å². The van der Waals surface area contributed by atoms with Crippen molar-refractivity contribution in [1.82, 2.24) is 4.98 Å². The quantitative estimate of drug-likeness (QED) is 0.820. The number of aromatic nitrogens is 1. The summed E-state index contributed by atoms with van der Waals surface area (Å²) < 4.78 is 28.8. The zero-order valence-electron chi connectivity index (χ0n) is 8.73. The van der Waals surface area contributed by atoms with E-state index in [1.807, 2.05) is 6.07 Å². The molecule has 0 unspecified atom stereocenters. The van der Waals surface area contributed by atoms with E-state index < -0.39 is 13.0 Å². The van der Waals surface area contributed by atoms with Crippen LogP contribution in [0.4, 0.5) is 8.78 Å². The number of hydrogen-bond donors (Lipinski definition) is 0. The summed E-state index contributed by atoms with van der Waals surface area (Å²) >= 11 is 0. The molecular weight excluding hydrogens is 226 g/mol. The highest BCUT2D eigenvalue weighted by molar-refractivity contribution is 5.85. The second-order valence-corrected chi connectivity index (χ2v) is 3.34. The van der Waals surface area contributed by atoms with Gasteiger partial charge in [0.2, 0.25) is 5.88 Å². The smallest absolute Gasteiger partial charge is 0.272 e. The second kappa shape index (κ2) is 4.74. The van der Waals surface area contributed by atoms with E-state index in [9.17, 15) is 8.78 Å². The maximum absolute atomic E-state index is 12.0. The third-order valence-electron chi connectivity index (χ3n) is 2.17. The molecular formula is C12H8F2N2O. The lowest BCUT2D eigenvalue weighted by atomic mass is 10.1. The van der Waals surface area contributed by atoms with Gasteiger partial charge in [-0.25, -0.2) is 13.8 Å². The van der Waals surface area contributed by atoms with Gasteiger partial charge in [0.1, 0.15) is 6.07 Å². The van der Waals surface area contributed by atoms with Crippen molar-refractivity contribution in [1.29, 1.82) is 5.26 Å². The average Bonchev–Trinajstić information content (AvgIpc) is 2.35. The van der Waals surface area contributed by atoms with Crippen LogP contribution in [0.1, 0.15) is 5.56 Å². The molecule has 0 amide bonds. The van der Waals surface area contributed by atoms with Gasteiger partial charge in [-0.05, 0) is 6.07 Å². The first-order valence-electron chi connectivity index (χ1n) is 4.91. The summed E-state index contributed by atoms with van der Waals surface area (Å²) in [5, 5.41) is 9.64.